The highest BCUT2D eigenvalue weighted by molar-refractivity contribution is 7.92. The van der Waals surface area contributed by atoms with Gasteiger partial charge in [0.15, 0.2) is 0 Å². The Hall–Kier alpha value is -0.740. The summed E-state index contributed by atoms with van der Waals surface area (Å²) in [4.78, 5) is 0. The molecule has 0 aromatic heterocycles. The Morgan fingerprint density at radius 1 is 1.37 bits per heavy atom. The van der Waals surface area contributed by atoms with Crippen molar-refractivity contribution in [1.29, 1.82) is 0 Å². The Kier molecular flexibility index (Phi) is 4.41. The minimum atomic E-state index is -3.25. The lowest BCUT2D eigenvalue weighted by Crippen LogP contribution is -2.25. The summed E-state index contributed by atoms with van der Waals surface area (Å²) in [7, 11) is -1.67. The molecule has 0 spiro atoms. The molecule has 0 aliphatic heterocycles. The van der Waals surface area contributed by atoms with Crippen molar-refractivity contribution >= 4 is 27.3 Å². The van der Waals surface area contributed by atoms with E-state index in [0.29, 0.717) is 10.7 Å². The normalized spacial score (nSPS) is 15.5. The number of halogens is 1. The van der Waals surface area contributed by atoms with E-state index in [1.165, 1.54) is 29.8 Å². The molecule has 0 bridgehead atoms. The van der Waals surface area contributed by atoms with Crippen LogP contribution in [-0.2, 0) is 16.4 Å². The Labute approximate surface area is 120 Å². The third-order valence-electron chi connectivity index (χ3n) is 3.64. The third-order valence-corrected chi connectivity index (χ3v) is 5.07. The van der Waals surface area contributed by atoms with Crippen LogP contribution >= 0.6 is 11.6 Å². The number of hydrogen-bond donors (Lipinski definition) is 0. The number of benzene rings is 1. The molecule has 1 aliphatic carbocycles. The predicted octanol–water partition coefficient (Wildman–Crippen LogP) is 3.47. The van der Waals surface area contributed by atoms with Crippen molar-refractivity contribution in [2.24, 2.45) is 5.92 Å². The lowest BCUT2D eigenvalue weighted by Gasteiger charge is -2.20. The largest absolute Gasteiger partial charge is 0.273 e. The molecule has 1 aliphatic rings. The van der Waals surface area contributed by atoms with E-state index in [-0.39, 0.29) is 0 Å². The smallest absolute Gasteiger partial charge is 0.232 e. The van der Waals surface area contributed by atoms with E-state index in [9.17, 15) is 8.42 Å². The van der Waals surface area contributed by atoms with Gasteiger partial charge in [0.25, 0.3) is 0 Å². The number of sulfonamides is 1. The maximum absolute atomic E-state index is 11.7. The van der Waals surface area contributed by atoms with Crippen molar-refractivity contribution in [3.8, 4) is 0 Å². The molecular formula is C14H20ClNO2S. The van der Waals surface area contributed by atoms with E-state index < -0.39 is 10.0 Å². The SMILES string of the molecule is CN(c1cc(Cl)ccc1CCCC1CC1)S(C)(=O)=O. The molecule has 1 saturated carbocycles. The summed E-state index contributed by atoms with van der Waals surface area (Å²) in [6.07, 6.45) is 7.18. The first-order valence-electron chi connectivity index (χ1n) is 6.60. The van der Waals surface area contributed by atoms with Crippen molar-refractivity contribution in [2.75, 3.05) is 17.6 Å². The molecule has 0 radical (unpaired) electrons. The van der Waals surface area contributed by atoms with Crippen molar-refractivity contribution in [3.63, 3.8) is 0 Å². The standard InChI is InChI=1S/C14H20ClNO2S/c1-16(19(2,17)18)14-10-13(15)9-8-12(14)5-3-4-11-6-7-11/h8-11H,3-7H2,1-2H3. The lowest BCUT2D eigenvalue weighted by atomic mass is 10.0. The minimum Gasteiger partial charge on any atom is -0.273 e. The first-order chi connectivity index (χ1) is 8.88. The molecular weight excluding hydrogens is 282 g/mol. The average molecular weight is 302 g/mol. The molecule has 5 heteroatoms. The van der Waals surface area contributed by atoms with Crippen LogP contribution in [0.2, 0.25) is 5.02 Å². The van der Waals surface area contributed by atoms with Crippen LogP contribution in [0.3, 0.4) is 0 Å². The summed E-state index contributed by atoms with van der Waals surface area (Å²) in [5.41, 5.74) is 1.75. The Morgan fingerprint density at radius 3 is 2.63 bits per heavy atom. The van der Waals surface area contributed by atoms with Crippen LogP contribution in [0.25, 0.3) is 0 Å². The van der Waals surface area contributed by atoms with Gasteiger partial charge in [-0.3, -0.25) is 4.31 Å². The van der Waals surface area contributed by atoms with Crippen molar-refractivity contribution in [1.82, 2.24) is 0 Å². The van der Waals surface area contributed by atoms with Gasteiger partial charge in [0, 0.05) is 12.1 Å². The van der Waals surface area contributed by atoms with Gasteiger partial charge in [0.05, 0.1) is 11.9 Å². The predicted molar refractivity (Wildman–Crippen MR) is 80.4 cm³/mol. The maximum atomic E-state index is 11.7. The van der Waals surface area contributed by atoms with Crippen molar-refractivity contribution < 1.29 is 8.42 Å². The molecule has 0 saturated heterocycles. The molecule has 1 aromatic rings. The van der Waals surface area contributed by atoms with Crippen molar-refractivity contribution in [2.45, 2.75) is 32.1 Å². The van der Waals surface area contributed by atoms with E-state index in [0.717, 1.165) is 24.3 Å². The maximum Gasteiger partial charge on any atom is 0.232 e. The summed E-state index contributed by atoms with van der Waals surface area (Å²) >= 11 is 5.98. The number of anilines is 1. The Bertz CT molecular complexity index is 553. The minimum absolute atomic E-state index is 0.566. The highest BCUT2D eigenvalue weighted by Gasteiger charge is 2.21. The van der Waals surface area contributed by atoms with E-state index in [4.69, 9.17) is 11.6 Å². The number of rotatable bonds is 6. The second-order valence-corrected chi connectivity index (χ2v) is 7.79. The van der Waals surface area contributed by atoms with Gasteiger partial charge in [-0.25, -0.2) is 8.42 Å². The second kappa shape index (κ2) is 5.71. The highest BCUT2D eigenvalue weighted by atomic mass is 35.5. The number of hydrogen-bond acceptors (Lipinski definition) is 2. The van der Waals surface area contributed by atoms with E-state index in [2.05, 4.69) is 0 Å². The molecule has 0 unspecified atom stereocenters. The van der Waals surface area contributed by atoms with E-state index in [1.54, 1.807) is 13.1 Å². The third kappa shape index (κ3) is 4.11. The topological polar surface area (TPSA) is 37.4 Å². The molecule has 0 atom stereocenters. The second-order valence-electron chi connectivity index (χ2n) is 5.34. The fraction of sp³-hybridized carbons (Fsp3) is 0.571. The molecule has 19 heavy (non-hydrogen) atoms. The van der Waals surface area contributed by atoms with Crippen LogP contribution in [0.15, 0.2) is 18.2 Å². The Morgan fingerprint density at radius 2 is 2.05 bits per heavy atom. The number of aryl methyl sites for hydroxylation is 1. The van der Waals surface area contributed by atoms with Crippen LogP contribution in [0.1, 0.15) is 31.2 Å². The fourth-order valence-corrected chi connectivity index (χ4v) is 2.90. The average Bonchev–Trinajstić information content (AvgIpc) is 3.13. The molecule has 2 rings (SSSR count). The summed E-state index contributed by atoms with van der Waals surface area (Å²) < 4.78 is 24.7. The molecule has 106 valence electrons. The zero-order valence-corrected chi connectivity index (χ0v) is 13.0. The van der Waals surface area contributed by atoms with Crippen LogP contribution in [0.4, 0.5) is 5.69 Å². The Balaban J connectivity index is 2.16. The summed E-state index contributed by atoms with van der Waals surface area (Å²) in [6, 6.07) is 5.49. The quantitative estimate of drug-likeness (QED) is 0.807. The molecule has 0 amide bonds. The van der Waals surface area contributed by atoms with Crippen LogP contribution < -0.4 is 4.31 Å². The monoisotopic (exact) mass is 301 g/mol. The van der Waals surface area contributed by atoms with Crippen LogP contribution in [-0.4, -0.2) is 21.7 Å². The first-order valence-corrected chi connectivity index (χ1v) is 8.83. The van der Waals surface area contributed by atoms with Crippen molar-refractivity contribution in [3.05, 3.63) is 28.8 Å². The van der Waals surface area contributed by atoms with Crippen LogP contribution in [0, 0.1) is 5.92 Å². The van der Waals surface area contributed by atoms with Gasteiger partial charge in [0.1, 0.15) is 0 Å². The fourth-order valence-electron chi connectivity index (χ4n) is 2.21. The van der Waals surface area contributed by atoms with Gasteiger partial charge in [-0.2, -0.15) is 0 Å². The number of nitrogens with zero attached hydrogens (tertiary/aromatic N) is 1. The van der Waals surface area contributed by atoms with Gasteiger partial charge in [-0.1, -0.05) is 36.9 Å². The molecule has 0 N–H and O–H groups in total. The summed E-state index contributed by atoms with van der Waals surface area (Å²) in [5, 5.41) is 0.566. The molecule has 3 nitrogen and oxygen atoms in total. The highest BCUT2D eigenvalue weighted by Crippen LogP contribution is 2.35. The van der Waals surface area contributed by atoms with E-state index in [1.807, 2.05) is 12.1 Å². The molecule has 1 fully saturated rings. The lowest BCUT2D eigenvalue weighted by molar-refractivity contribution is 0.600. The van der Waals surface area contributed by atoms with Gasteiger partial charge >= 0.3 is 0 Å². The zero-order chi connectivity index (χ0) is 14.0. The van der Waals surface area contributed by atoms with Gasteiger partial charge in [0.2, 0.25) is 10.0 Å². The summed E-state index contributed by atoms with van der Waals surface area (Å²) in [6.45, 7) is 0. The summed E-state index contributed by atoms with van der Waals surface area (Å²) in [5.74, 6) is 0.906. The zero-order valence-electron chi connectivity index (χ0n) is 11.4. The molecule has 0 heterocycles. The van der Waals surface area contributed by atoms with Crippen LogP contribution in [0.5, 0.6) is 0 Å². The molecule has 1 aromatic carbocycles. The van der Waals surface area contributed by atoms with Gasteiger partial charge in [-0.15, -0.1) is 0 Å². The van der Waals surface area contributed by atoms with Gasteiger partial charge < -0.3 is 0 Å². The van der Waals surface area contributed by atoms with Gasteiger partial charge in [-0.05, 0) is 36.5 Å². The van der Waals surface area contributed by atoms with E-state index >= 15 is 0 Å². The first kappa shape index (κ1) is 14.7.